The summed E-state index contributed by atoms with van der Waals surface area (Å²) in [4.78, 5) is 31.6. The number of aromatic nitrogens is 2. The van der Waals surface area contributed by atoms with Crippen LogP contribution in [0.5, 0.6) is 0 Å². The maximum atomic E-state index is 12.3. The lowest BCUT2D eigenvalue weighted by Crippen LogP contribution is -2.28. The maximum absolute atomic E-state index is 12.3. The van der Waals surface area contributed by atoms with Crippen molar-refractivity contribution in [2.24, 2.45) is 0 Å². The quantitative estimate of drug-likeness (QED) is 0.718. The van der Waals surface area contributed by atoms with E-state index < -0.39 is 0 Å². The lowest BCUT2D eigenvalue weighted by atomic mass is 10.0. The van der Waals surface area contributed by atoms with Gasteiger partial charge < -0.3 is 10.3 Å². The number of carbonyl (C=O) groups excluding carboxylic acids is 1. The fraction of sp³-hybridized carbons (Fsp3) is 0.286. The van der Waals surface area contributed by atoms with Gasteiger partial charge in [-0.15, -0.1) is 0 Å². The largest absolute Gasteiger partial charge is 0.355 e. The number of fused-ring (bicyclic) bond motifs is 1. The van der Waals surface area contributed by atoms with E-state index in [4.69, 9.17) is 0 Å². The van der Waals surface area contributed by atoms with Gasteiger partial charge in [0.25, 0.3) is 5.56 Å². The van der Waals surface area contributed by atoms with Crippen molar-refractivity contribution >= 4 is 16.8 Å². The molecule has 2 aromatic carbocycles. The molecule has 1 heterocycles. The van der Waals surface area contributed by atoms with Crippen LogP contribution in [0.2, 0.25) is 0 Å². The van der Waals surface area contributed by atoms with E-state index in [1.807, 2.05) is 48.5 Å². The van der Waals surface area contributed by atoms with E-state index in [0.717, 1.165) is 12.0 Å². The van der Waals surface area contributed by atoms with Gasteiger partial charge in [-0.25, -0.2) is 4.98 Å². The SMILES string of the molecule is CC(C)c1ccc2nc(CC(=O)NCCc3ccccc3)[nH]c(=O)c2c1. The summed E-state index contributed by atoms with van der Waals surface area (Å²) in [5, 5.41) is 3.43. The number of rotatable bonds is 6. The highest BCUT2D eigenvalue weighted by Crippen LogP contribution is 2.18. The molecule has 1 aromatic heterocycles. The standard InChI is InChI=1S/C21H23N3O2/c1-14(2)16-8-9-18-17(12-16)21(26)24-19(23-18)13-20(25)22-11-10-15-6-4-3-5-7-15/h3-9,12,14H,10-11,13H2,1-2H3,(H,22,25)(H,23,24,26). The third kappa shape index (κ3) is 4.36. The number of hydrogen-bond acceptors (Lipinski definition) is 3. The molecule has 134 valence electrons. The van der Waals surface area contributed by atoms with E-state index in [1.165, 1.54) is 5.56 Å². The van der Waals surface area contributed by atoms with Gasteiger partial charge in [-0.2, -0.15) is 0 Å². The van der Waals surface area contributed by atoms with E-state index in [0.29, 0.717) is 29.2 Å². The van der Waals surface area contributed by atoms with Gasteiger partial charge in [0.1, 0.15) is 5.82 Å². The summed E-state index contributed by atoms with van der Waals surface area (Å²) in [6.07, 6.45) is 0.831. The van der Waals surface area contributed by atoms with Gasteiger partial charge in [-0.3, -0.25) is 9.59 Å². The summed E-state index contributed by atoms with van der Waals surface area (Å²) in [7, 11) is 0. The predicted octanol–water partition coefficient (Wildman–Crippen LogP) is 2.95. The van der Waals surface area contributed by atoms with Crippen molar-refractivity contribution in [1.82, 2.24) is 15.3 Å². The molecular weight excluding hydrogens is 326 g/mol. The van der Waals surface area contributed by atoms with E-state index in [1.54, 1.807) is 0 Å². The first-order chi connectivity index (χ1) is 12.5. The van der Waals surface area contributed by atoms with E-state index in [9.17, 15) is 9.59 Å². The van der Waals surface area contributed by atoms with Crippen LogP contribution >= 0.6 is 0 Å². The Labute approximate surface area is 152 Å². The molecule has 0 aliphatic carbocycles. The number of aromatic amines is 1. The molecule has 26 heavy (non-hydrogen) atoms. The third-order valence-corrected chi connectivity index (χ3v) is 4.35. The summed E-state index contributed by atoms with van der Waals surface area (Å²) < 4.78 is 0. The van der Waals surface area contributed by atoms with Crippen molar-refractivity contribution in [2.75, 3.05) is 6.54 Å². The van der Waals surface area contributed by atoms with Crippen LogP contribution in [0.4, 0.5) is 0 Å². The molecule has 0 saturated heterocycles. The number of nitrogens with one attached hydrogen (secondary N) is 2. The van der Waals surface area contributed by atoms with Gasteiger partial charge in [0.05, 0.1) is 17.3 Å². The topological polar surface area (TPSA) is 74.8 Å². The van der Waals surface area contributed by atoms with Crippen molar-refractivity contribution in [3.05, 3.63) is 75.8 Å². The average Bonchev–Trinajstić information content (AvgIpc) is 2.62. The summed E-state index contributed by atoms with van der Waals surface area (Å²) in [5.41, 5.74) is 2.68. The Kier molecular flexibility index (Phi) is 5.46. The van der Waals surface area contributed by atoms with E-state index in [2.05, 4.69) is 29.1 Å². The summed E-state index contributed by atoms with van der Waals surface area (Å²) >= 11 is 0. The van der Waals surface area contributed by atoms with Crippen LogP contribution in [0.15, 0.2) is 53.3 Å². The second-order valence-electron chi connectivity index (χ2n) is 6.71. The summed E-state index contributed by atoms with van der Waals surface area (Å²) in [6, 6.07) is 15.7. The summed E-state index contributed by atoms with van der Waals surface area (Å²) in [5.74, 6) is 0.577. The molecule has 3 rings (SSSR count). The lowest BCUT2D eigenvalue weighted by molar-refractivity contribution is -0.120. The minimum absolute atomic E-state index is 0.0614. The van der Waals surface area contributed by atoms with Crippen LogP contribution in [-0.4, -0.2) is 22.4 Å². The fourth-order valence-corrected chi connectivity index (χ4v) is 2.85. The average molecular weight is 349 g/mol. The zero-order valence-corrected chi connectivity index (χ0v) is 15.1. The van der Waals surface area contributed by atoms with Crippen LogP contribution in [0.3, 0.4) is 0 Å². The highest BCUT2D eigenvalue weighted by Gasteiger charge is 2.10. The van der Waals surface area contributed by atoms with Crippen molar-refractivity contribution in [1.29, 1.82) is 0 Å². The van der Waals surface area contributed by atoms with Gasteiger partial charge in [-0.05, 0) is 35.6 Å². The molecule has 0 aliphatic heterocycles. The van der Waals surface area contributed by atoms with Crippen LogP contribution in [-0.2, 0) is 17.6 Å². The van der Waals surface area contributed by atoms with Crippen LogP contribution in [0.1, 0.15) is 36.7 Å². The fourth-order valence-electron chi connectivity index (χ4n) is 2.85. The van der Waals surface area contributed by atoms with Crippen molar-refractivity contribution < 1.29 is 4.79 Å². The van der Waals surface area contributed by atoms with Crippen molar-refractivity contribution in [3.8, 4) is 0 Å². The van der Waals surface area contributed by atoms with Gasteiger partial charge in [-0.1, -0.05) is 50.2 Å². The van der Waals surface area contributed by atoms with E-state index in [-0.39, 0.29) is 17.9 Å². The predicted molar refractivity (Wildman–Crippen MR) is 103 cm³/mol. The zero-order valence-electron chi connectivity index (χ0n) is 15.1. The Morgan fingerprint density at radius 2 is 1.92 bits per heavy atom. The Bertz CT molecular complexity index is 962. The second-order valence-corrected chi connectivity index (χ2v) is 6.71. The number of nitrogens with zero attached hydrogens (tertiary/aromatic N) is 1. The molecule has 0 atom stereocenters. The molecule has 0 radical (unpaired) electrons. The van der Waals surface area contributed by atoms with Gasteiger partial charge in [0.2, 0.25) is 5.91 Å². The Hall–Kier alpha value is -2.95. The first-order valence-electron chi connectivity index (χ1n) is 8.86. The number of carbonyl (C=O) groups is 1. The first-order valence-corrected chi connectivity index (χ1v) is 8.86. The first kappa shape index (κ1) is 17.9. The number of benzene rings is 2. The molecular formula is C21H23N3O2. The Morgan fingerprint density at radius 3 is 2.65 bits per heavy atom. The number of H-pyrrole nitrogens is 1. The minimum Gasteiger partial charge on any atom is -0.355 e. The van der Waals surface area contributed by atoms with Crippen LogP contribution in [0.25, 0.3) is 10.9 Å². The Morgan fingerprint density at radius 1 is 1.15 bits per heavy atom. The molecule has 0 fully saturated rings. The van der Waals surface area contributed by atoms with E-state index >= 15 is 0 Å². The zero-order chi connectivity index (χ0) is 18.5. The maximum Gasteiger partial charge on any atom is 0.258 e. The molecule has 0 unspecified atom stereocenters. The van der Waals surface area contributed by atoms with Crippen LogP contribution in [0, 0.1) is 0 Å². The summed E-state index contributed by atoms with van der Waals surface area (Å²) in [6.45, 7) is 4.71. The number of hydrogen-bond donors (Lipinski definition) is 2. The normalized spacial score (nSPS) is 11.0. The highest BCUT2D eigenvalue weighted by atomic mass is 16.1. The molecule has 5 nitrogen and oxygen atoms in total. The molecule has 0 spiro atoms. The molecule has 0 saturated carbocycles. The molecule has 5 heteroatoms. The molecule has 2 N–H and O–H groups in total. The molecule has 1 amide bonds. The number of amides is 1. The third-order valence-electron chi connectivity index (χ3n) is 4.35. The Balaban J connectivity index is 1.65. The highest BCUT2D eigenvalue weighted by molar-refractivity contribution is 5.80. The molecule has 0 aliphatic rings. The van der Waals surface area contributed by atoms with Gasteiger partial charge >= 0.3 is 0 Å². The monoisotopic (exact) mass is 349 g/mol. The second kappa shape index (κ2) is 7.95. The van der Waals surface area contributed by atoms with Crippen molar-refractivity contribution in [3.63, 3.8) is 0 Å². The molecule has 3 aromatic rings. The van der Waals surface area contributed by atoms with Gasteiger partial charge in [0, 0.05) is 6.54 Å². The lowest BCUT2D eigenvalue weighted by Gasteiger charge is -2.08. The van der Waals surface area contributed by atoms with Gasteiger partial charge in [0.15, 0.2) is 0 Å². The smallest absolute Gasteiger partial charge is 0.258 e. The van der Waals surface area contributed by atoms with Crippen molar-refractivity contribution in [2.45, 2.75) is 32.6 Å². The van der Waals surface area contributed by atoms with Crippen LogP contribution < -0.4 is 10.9 Å². The molecule has 0 bridgehead atoms. The minimum atomic E-state index is -0.204.